The highest BCUT2D eigenvalue weighted by Crippen LogP contribution is 2.22. The van der Waals surface area contributed by atoms with Gasteiger partial charge in [-0.15, -0.1) is 0 Å². The maximum absolute atomic E-state index is 14.1. The molecular weight excluding hydrogens is 497 g/mol. The number of benzene rings is 3. The van der Waals surface area contributed by atoms with Gasteiger partial charge >= 0.3 is 16.1 Å². The van der Waals surface area contributed by atoms with Crippen LogP contribution < -0.4 is 9.50 Å². The first-order chi connectivity index (χ1) is 17.2. The van der Waals surface area contributed by atoms with Crippen LogP contribution in [0.4, 0.5) is 23.7 Å². The van der Waals surface area contributed by atoms with E-state index in [1.165, 1.54) is 29.4 Å². The number of hydrogen-bond acceptors (Lipinski definition) is 5. The van der Waals surface area contributed by atoms with Crippen LogP contribution in [0.15, 0.2) is 94.4 Å². The number of furan rings is 1. The number of carbonyl (C=O) groups is 1. The standard InChI is InChI=1S/C25H19F3N2O5S/c26-18-6-9-22(10-7-18)36(32,33)35-20-4-1-3-17(13-20)15-30(16-21-5-2-12-34-21)25(31)29-24-11-8-19(27)14-23(24)28/h1-14H,15-16H2,(H,29,31). The van der Waals surface area contributed by atoms with Crippen molar-refractivity contribution >= 4 is 21.8 Å². The Hall–Kier alpha value is -4.25. The minimum absolute atomic E-state index is 0.000605. The number of carbonyl (C=O) groups excluding carboxylic acids is 1. The highest BCUT2D eigenvalue weighted by Gasteiger charge is 2.20. The summed E-state index contributed by atoms with van der Waals surface area (Å²) < 4.78 is 76.0. The van der Waals surface area contributed by atoms with E-state index in [-0.39, 0.29) is 29.4 Å². The third-order valence-corrected chi connectivity index (χ3v) is 6.23. The van der Waals surface area contributed by atoms with Gasteiger partial charge < -0.3 is 18.8 Å². The van der Waals surface area contributed by atoms with Crippen molar-refractivity contribution in [1.82, 2.24) is 4.90 Å². The molecule has 4 aromatic rings. The topological polar surface area (TPSA) is 88.9 Å². The Labute approximate surface area is 204 Å². The molecule has 0 aliphatic carbocycles. The quantitative estimate of drug-likeness (QED) is 0.304. The van der Waals surface area contributed by atoms with E-state index in [1.54, 1.807) is 18.2 Å². The van der Waals surface area contributed by atoms with Gasteiger partial charge in [-0.3, -0.25) is 0 Å². The summed E-state index contributed by atoms with van der Waals surface area (Å²) in [5.74, 6) is -1.91. The molecule has 7 nitrogen and oxygen atoms in total. The average Bonchev–Trinajstić information content (AvgIpc) is 3.34. The van der Waals surface area contributed by atoms with Gasteiger partial charge in [0.1, 0.15) is 33.9 Å². The molecule has 36 heavy (non-hydrogen) atoms. The van der Waals surface area contributed by atoms with E-state index in [2.05, 4.69) is 5.32 Å². The van der Waals surface area contributed by atoms with Gasteiger partial charge in [0.2, 0.25) is 0 Å². The van der Waals surface area contributed by atoms with Crippen molar-refractivity contribution in [3.8, 4) is 5.75 Å². The Kier molecular flexibility index (Phi) is 7.30. The molecule has 0 atom stereocenters. The Morgan fingerprint density at radius 3 is 2.33 bits per heavy atom. The van der Waals surface area contributed by atoms with Gasteiger partial charge in [-0.05, 0) is 66.2 Å². The number of rotatable bonds is 8. The summed E-state index contributed by atoms with van der Waals surface area (Å²) >= 11 is 0. The molecule has 2 amide bonds. The van der Waals surface area contributed by atoms with E-state index in [0.717, 1.165) is 36.4 Å². The molecule has 1 aromatic heterocycles. The van der Waals surface area contributed by atoms with Crippen molar-refractivity contribution in [2.45, 2.75) is 18.0 Å². The Balaban J connectivity index is 1.54. The number of nitrogens with one attached hydrogen (secondary N) is 1. The van der Waals surface area contributed by atoms with Gasteiger partial charge in [-0.1, -0.05) is 12.1 Å². The van der Waals surface area contributed by atoms with Crippen LogP contribution in [0.25, 0.3) is 0 Å². The van der Waals surface area contributed by atoms with Gasteiger partial charge in [-0.25, -0.2) is 18.0 Å². The maximum Gasteiger partial charge on any atom is 0.339 e. The second-order valence-electron chi connectivity index (χ2n) is 7.63. The lowest BCUT2D eigenvalue weighted by atomic mass is 10.2. The monoisotopic (exact) mass is 516 g/mol. The normalized spacial score (nSPS) is 11.2. The zero-order chi connectivity index (χ0) is 25.7. The third kappa shape index (κ3) is 6.25. The van der Waals surface area contributed by atoms with Crippen molar-refractivity contribution in [2.75, 3.05) is 5.32 Å². The summed E-state index contributed by atoms with van der Waals surface area (Å²) in [6, 6.07) is 15.5. The fourth-order valence-corrected chi connectivity index (χ4v) is 4.19. The SMILES string of the molecule is O=C(Nc1ccc(F)cc1F)N(Cc1cccc(OS(=O)(=O)c2ccc(F)cc2)c1)Cc1ccco1. The first kappa shape index (κ1) is 24.9. The van der Waals surface area contributed by atoms with Gasteiger partial charge in [0.25, 0.3) is 0 Å². The molecule has 3 aromatic carbocycles. The minimum Gasteiger partial charge on any atom is -0.467 e. The van der Waals surface area contributed by atoms with Gasteiger partial charge in [0.05, 0.1) is 18.5 Å². The van der Waals surface area contributed by atoms with Crippen LogP contribution in [0.2, 0.25) is 0 Å². The number of anilines is 1. The number of halogens is 3. The summed E-state index contributed by atoms with van der Waals surface area (Å²) in [5, 5.41) is 2.39. The first-order valence-corrected chi connectivity index (χ1v) is 11.9. The van der Waals surface area contributed by atoms with Crippen molar-refractivity contribution < 1.29 is 35.0 Å². The van der Waals surface area contributed by atoms with E-state index < -0.39 is 33.6 Å². The predicted molar refractivity (Wildman–Crippen MR) is 124 cm³/mol. The van der Waals surface area contributed by atoms with Crippen molar-refractivity contribution in [2.24, 2.45) is 0 Å². The Bertz CT molecular complexity index is 1460. The molecule has 4 rings (SSSR count). The fourth-order valence-electron chi connectivity index (χ4n) is 3.27. The van der Waals surface area contributed by atoms with Crippen molar-refractivity contribution in [3.05, 3.63) is 114 Å². The van der Waals surface area contributed by atoms with Crippen LogP contribution in [0.1, 0.15) is 11.3 Å². The molecule has 0 fully saturated rings. The van der Waals surface area contributed by atoms with Gasteiger partial charge in [-0.2, -0.15) is 8.42 Å². The highest BCUT2D eigenvalue weighted by molar-refractivity contribution is 7.87. The Morgan fingerprint density at radius 2 is 1.64 bits per heavy atom. The molecule has 0 aliphatic rings. The van der Waals surface area contributed by atoms with E-state index in [9.17, 15) is 26.4 Å². The van der Waals surface area contributed by atoms with Crippen LogP contribution >= 0.6 is 0 Å². The molecular formula is C25H19F3N2O5S. The zero-order valence-corrected chi connectivity index (χ0v) is 19.3. The maximum atomic E-state index is 14.1. The lowest BCUT2D eigenvalue weighted by molar-refractivity contribution is 0.201. The summed E-state index contributed by atoms with van der Waals surface area (Å²) in [6.07, 6.45) is 1.43. The smallest absolute Gasteiger partial charge is 0.339 e. The van der Waals surface area contributed by atoms with Gasteiger partial charge in [0.15, 0.2) is 0 Å². The summed E-state index contributed by atoms with van der Waals surface area (Å²) in [5.41, 5.74) is 0.274. The molecule has 11 heteroatoms. The molecule has 0 bridgehead atoms. The first-order valence-electron chi connectivity index (χ1n) is 10.5. The summed E-state index contributed by atoms with van der Waals surface area (Å²) in [4.78, 5) is 14.0. The van der Waals surface area contributed by atoms with Crippen LogP contribution in [-0.2, 0) is 23.2 Å². The van der Waals surface area contributed by atoms with Crippen LogP contribution in [-0.4, -0.2) is 19.3 Å². The molecule has 0 unspecified atom stereocenters. The van der Waals surface area contributed by atoms with Crippen LogP contribution in [0.3, 0.4) is 0 Å². The number of urea groups is 1. The van der Waals surface area contributed by atoms with E-state index in [4.69, 9.17) is 8.60 Å². The molecule has 0 radical (unpaired) electrons. The molecule has 0 aliphatic heterocycles. The molecule has 1 heterocycles. The summed E-state index contributed by atoms with van der Waals surface area (Å²) in [6.45, 7) is -0.0379. The van der Waals surface area contributed by atoms with Gasteiger partial charge in [0, 0.05) is 12.6 Å². The molecule has 0 spiro atoms. The minimum atomic E-state index is -4.23. The van der Waals surface area contributed by atoms with Crippen molar-refractivity contribution in [1.29, 1.82) is 0 Å². The lowest BCUT2D eigenvalue weighted by Gasteiger charge is -2.23. The number of nitrogens with zero attached hydrogens (tertiary/aromatic N) is 1. The lowest BCUT2D eigenvalue weighted by Crippen LogP contribution is -2.34. The Morgan fingerprint density at radius 1 is 0.889 bits per heavy atom. The fraction of sp³-hybridized carbons (Fsp3) is 0.0800. The van der Waals surface area contributed by atoms with E-state index in [0.29, 0.717) is 17.4 Å². The second-order valence-corrected chi connectivity index (χ2v) is 9.17. The average molecular weight is 516 g/mol. The molecule has 1 N–H and O–H groups in total. The summed E-state index contributed by atoms with van der Waals surface area (Å²) in [7, 11) is -4.23. The van der Waals surface area contributed by atoms with E-state index in [1.807, 2.05) is 0 Å². The number of hydrogen-bond donors (Lipinski definition) is 1. The highest BCUT2D eigenvalue weighted by atomic mass is 32.2. The molecule has 0 saturated carbocycles. The van der Waals surface area contributed by atoms with Crippen molar-refractivity contribution in [3.63, 3.8) is 0 Å². The van der Waals surface area contributed by atoms with Crippen LogP contribution in [0, 0.1) is 17.5 Å². The van der Waals surface area contributed by atoms with E-state index >= 15 is 0 Å². The largest absolute Gasteiger partial charge is 0.467 e. The molecule has 0 saturated heterocycles. The zero-order valence-electron chi connectivity index (χ0n) is 18.5. The predicted octanol–water partition coefficient (Wildman–Crippen LogP) is 5.70. The second kappa shape index (κ2) is 10.6. The molecule has 186 valence electrons. The number of amides is 2. The van der Waals surface area contributed by atoms with Crippen LogP contribution in [0.5, 0.6) is 5.75 Å². The third-order valence-electron chi connectivity index (χ3n) is 4.97.